The van der Waals surface area contributed by atoms with Gasteiger partial charge >= 0.3 is 5.69 Å². The van der Waals surface area contributed by atoms with E-state index >= 15 is 0 Å². The summed E-state index contributed by atoms with van der Waals surface area (Å²) in [5.74, 6) is 3.99. The number of benzene rings is 3. The van der Waals surface area contributed by atoms with Crippen LogP contribution in [0.1, 0.15) is 50.8 Å². The number of phenolic OH excluding ortho intramolecular Hbond substituents is 2. The minimum absolute atomic E-state index is 0.0630. The third-order valence-electron chi connectivity index (χ3n) is 7.66. The predicted octanol–water partition coefficient (Wildman–Crippen LogP) is 4.28. The van der Waals surface area contributed by atoms with Gasteiger partial charge in [0.25, 0.3) is 0 Å². The Kier molecular flexibility index (Phi) is 13.5. The van der Waals surface area contributed by atoms with Crippen molar-refractivity contribution in [2.75, 3.05) is 11.9 Å². The topological polar surface area (TPSA) is 188 Å². The maximum atomic E-state index is 13.6. The fourth-order valence-corrected chi connectivity index (χ4v) is 4.89. The molecule has 0 aliphatic heterocycles. The highest BCUT2D eigenvalue weighted by Gasteiger charge is 2.32. The molecule has 0 bridgehead atoms. The maximum Gasteiger partial charge on any atom is 0.310 e. The van der Waals surface area contributed by atoms with Crippen molar-refractivity contribution in [3.05, 3.63) is 99.6 Å². The Morgan fingerprint density at radius 2 is 1.61 bits per heavy atom. The Balaban J connectivity index is 1.65. The van der Waals surface area contributed by atoms with E-state index in [9.17, 15) is 34.7 Å². The standard InChI is InChI=1S/C37H43N5O7/c1-23(2)20-31(39-35(45)30(38)21-27-12-17-29(43)18-13-27)36(46)40-34(24(3)4)37(47)41(5)28-15-10-25(11-16-28)8-6-7-9-26-14-19-32(42(48)49)33(44)22-26/h7,9-19,22-24,30-31,34,43-44H,20-21,38H2,1-5H3,(H,39,45)(H,40,46)/b9-7+/t30-,31+,34-/m1/s1. The first-order chi connectivity index (χ1) is 23.2. The monoisotopic (exact) mass is 669 g/mol. The molecule has 0 fully saturated rings. The molecule has 12 heteroatoms. The van der Waals surface area contributed by atoms with E-state index in [1.165, 1.54) is 35.2 Å². The molecule has 0 radical (unpaired) electrons. The molecule has 3 aromatic carbocycles. The summed E-state index contributed by atoms with van der Waals surface area (Å²) in [4.78, 5) is 51.8. The number of rotatable bonds is 13. The minimum atomic E-state index is -0.922. The van der Waals surface area contributed by atoms with E-state index in [4.69, 9.17) is 5.73 Å². The van der Waals surface area contributed by atoms with Gasteiger partial charge < -0.3 is 31.5 Å². The summed E-state index contributed by atoms with van der Waals surface area (Å²) in [7, 11) is 1.61. The average Bonchev–Trinajstić information content (AvgIpc) is 3.05. The molecule has 49 heavy (non-hydrogen) atoms. The van der Waals surface area contributed by atoms with E-state index in [0.29, 0.717) is 23.2 Å². The van der Waals surface area contributed by atoms with E-state index in [0.717, 1.165) is 5.56 Å². The molecule has 258 valence electrons. The zero-order chi connectivity index (χ0) is 36.2. The Morgan fingerprint density at radius 1 is 0.959 bits per heavy atom. The van der Waals surface area contributed by atoms with Gasteiger partial charge in [0.15, 0.2) is 5.75 Å². The van der Waals surface area contributed by atoms with Crippen LogP contribution < -0.4 is 21.3 Å². The predicted molar refractivity (Wildman–Crippen MR) is 188 cm³/mol. The second-order valence-electron chi connectivity index (χ2n) is 12.5. The normalized spacial score (nSPS) is 12.9. The molecule has 0 heterocycles. The number of likely N-dealkylation sites (N-methyl/N-ethyl adjacent to an activating group) is 1. The van der Waals surface area contributed by atoms with Gasteiger partial charge in [-0.15, -0.1) is 0 Å². The molecule has 3 atom stereocenters. The molecule has 0 aromatic heterocycles. The van der Waals surface area contributed by atoms with Crippen LogP contribution in [0.5, 0.6) is 11.5 Å². The number of hydrogen-bond donors (Lipinski definition) is 5. The molecule has 3 amide bonds. The molecule has 0 unspecified atom stereocenters. The molecule has 6 N–H and O–H groups in total. The largest absolute Gasteiger partial charge is 0.508 e. The van der Waals surface area contributed by atoms with Gasteiger partial charge in [0.05, 0.1) is 11.0 Å². The van der Waals surface area contributed by atoms with Crippen molar-refractivity contribution in [2.24, 2.45) is 17.6 Å². The highest BCUT2D eigenvalue weighted by atomic mass is 16.6. The lowest BCUT2D eigenvalue weighted by Gasteiger charge is -2.29. The SMILES string of the molecule is CC(C)C[C@H](NC(=O)[C@H](N)Cc1ccc(O)cc1)C(=O)N[C@@H](C(=O)N(C)c1ccc(C#C/C=C/c2ccc([N+](=O)[O-])c(O)c2)cc1)C(C)C. The lowest BCUT2D eigenvalue weighted by atomic mass is 9.98. The Hall–Kier alpha value is -5.67. The molecule has 0 saturated carbocycles. The van der Waals surface area contributed by atoms with Crippen molar-refractivity contribution < 1.29 is 29.5 Å². The van der Waals surface area contributed by atoms with E-state index in [2.05, 4.69) is 22.5 Å². The van der Waals surface area contributed by atoms with E-state index < -0.39 is 40.6 Å². The molecular formula is C37H43N5O7. The Morgan fingerprint density at radius 3 is 2.18 bits per heavy atom. The van der Waals surface area contributed by atoms with Crippen LogP contribution in [0.3, 0.4) is 0 Å². The summed E-state index contributed by atoms with van der Waals surface area (Å²) in [5.41, 5.74) is 8.34. The van der Waals surface area contributed by atoms with Crippen molar-refractivity contribution in [1.82, 2.24) is 10.6 Å². The summed E-state index contributed by atoms with van der Waals surface area (Å²) in [6.07, 6.45) is 3.72. The number of aromatic hydroxyl groups is 2. The van der Waals surface area contributed by atoms with Crippen molar-refractivity contribution in [3.8, 4) is 23.3 Å². The van der Waals surface area contributed by atoms with Crippen molar-refractivity contribution >= 4 is 35.2 Å². The maximum absolute atomic E-state index is 13.6. The Bertz CT molecular complexity index is 1720. The highest BCUT2D eigenvalue weighted by Crippen LogP contribution is 2.26. The van der Waals surface area contributed by atoms with Gasteiger partial charge in [-0.1, -0.05) is 51.7 Å². The van der Waals surface area contributed by atoms with Gasteiger partial charge in [-0.05, 0) is 96.5 Å². The fourth-order valence-electron chi connectivity index (χ4n) is 4.89. The smallest absolute Gasteiger partial charge is 0.310 e. The summed E-state index contributed by atoms with van der Waals surface area (Å²) >= 11 is 0. The number of amides is 3. The first-order valence-corrected chi connectivity index (χ1v) is 15.8. The van der Waals surface area contributed by atoms with Crippen molar-refractivity contribution in [1.29, 1.82) is 0 Å². The van der Waals surface area contributed by atoms with Crippen molar-refractivity contribution in [2.45, 2.75) is 58.7 Å². The molecule has 12 nitrogen and oxygen atoms in total. The number of hydrogen-bond acceptors (Lipinski definition) is 8. The van der Waals surface area contributed by atoms with Crippen LogP contribution in [0.2, 0.25) is 0 Å². The van der Waals surface area contributed by atoms with E-state index in [-0.39, 0.29) is 35.6 Å². The second kappa shape index (κ2) is 17.5. The molecule has 0 aliphatic rings. The van der Waals surface area contributed by atoms with Gasteiger partial charge in [-0.3, -0.25) is 24.5 Å². The first kappa shape index (κ1) is 37.8. The first-order valence-electron chi connectivity index (χ1n) is 15.8. The number of allylic oxidation sites excluding steroid dienone is 1. The zero-order valence-corrected chi connectivity index (χ0v) is 28.2. The number of nitrogens with zero attached hydrogens (tertiary/aromatic N) is 2. The minimum Gasteiger partial charge on any atom is -0.508 e. The molecule has 0 saturated heterocycles. The van der Waals surface area contributed by atoms with Crippen LogP contribution in [0.15, 0.2) is 72.8 Å². The number of nitro benzene ring substituents is 1. The number of nitro groups is 1. The molecule has 3 aromatic rings. The van der Waals surface area contributed by atoms with Crippen LogP contribution in [0, 0.1) is 33.8 Å². The molecule has 3 rings (SSSR count). The van der Waals surface area contributed by atoms with E-state index in [1.54, 1.807) is 55.6 Å². The number of carbonyl (C=O) groups excluding carboxylic acids is 3. The fraction of sp³-hybridized carbons (Fsp3) is 0.324. The van der Waals surface area contributed by atoms with Crippen LogP contribution in [-0.4, -0.2) is 58.0 Å². The van der Waals surface area contributed by atoms with Crippen LogP contribution in [0.25, 0.3) is 6.08 Å². The number of nitrogens with two attached hydrogens (primary N) is 1. The van der Waals surface area contributed by atoms with E-state index in [1.807, 2.05) is 27.7 Å². The summed E-state index contributed by atoms with van der Waals surface area (Å²) in [5, 5.41) is 35.8. The third-order valence-corrected chi connectivity index (χ3v) is 7.66. The average molecular weight is 670 g/mol. The molecule has 0 aliphatic carbocycles. The summed E-state index contributed by atoms with van der Waals surface area (Å²) < 4.78 is 0. The molecular weight excluding hydrogens is 626 g/mol. The Labute approximate surface area is 286 Å². The van der Waals surface area contributed by atoms with Crippen molar-refractivity contribution in [3.63, 3.8) is 0 Å². The zero-order valence-electron chi connectivity index (χ0n) is 28.2. The number of carbonyl (C=O) groups is 3. The third kappa shape index (κ3) is 11.2. The second-order valence-corrected chi connectivity index (χ2v) is 12.5. The van der Waals surface area contributed by atoms with Gasteiger partial charge in [-0.25, -0.2) is 0 Å². The van der Waals surface area contributed by atoms with Gasteiger partial charge in [0.1, 0.15) is 17.8 Å². The van der Waals surface area contributed by atoms with Crippen LogP contribution in [-0.2, 0) is 20.8 Å². The number of nitrogens with one attached hydrogen (secondary N) is 2. The van der Waals surface area contributed by atoms with Crippen LogP contribution in [0.4, 0.5) is 11.4 Å². The lowest BCUT2D eigenvalue weighted by molar-refractivity contribution is -0.385. The quantitative estimate of drug-likeness (QED) is 0.101. The van der Waals surface area contributed by atoms with Gasteiger partial charge in [-0.2, -0.15) is 0 Å². The van der Waals surface area contributed by atoms with Gasteiger partial charge in [0, 0.05) is 24.4 Å². The molecule has 0 spiro atoms. The number of anilines is 1. The summed E-state index contributed by atoms with van der Waals surface area (Å²) in [6.45, 7) is 7.50. The van der Waals surface area contributed by atoms with Gasteiger partial charge in [0.2, 0.25) is 17.7 Å². The highest BCUT2D eigenvalue weighted by molar-refractivity contribution is 6.00. The van der Waals surface area contributed by atoms with Crippen LogP contribution >= 0.6 is 0 Å². The number of phenols is 2. The summed E-state index contributed by atoms with van der Waals surface area (Å²) in [6, 6.07) is 14.6. The lowest BCUT2D eigenvalue weighted by Crippen LogP contribution is -2.57.